The number of benzene rings is 1. The molecule has 0 unspecified atom stereocenters. The van der Waals surface area contributed by atoms with Crippen LogP contribution in [0.25, 0.3) is 0 Å². The zero-order chi connectivity index (χ0) is 26.5. The molecule has 0 bridgehead atoms. The second kappa shape index (κ2) is 16.3. The van der Waals surface area contributed by atoms with Gasteiger partial charge in [-0.15, -0.1) is 0 Å². The summed E-state index contributed by atoms with van der Waals surface area (Å²) < 4.78 is 40.3. The van der Waals surface area contributed by atoms with Gasteiger partial charge in [-0.1, -0.05) is 84.5 Å². The van der Waals surface area contributed by atoms with Crippen LogP contribution in [0.1, 0.15) is 140 Å². The van der Waals surface area contributed by atoms with Crippen LogP contribution in [0.3, 0.4) is 0 Å². The molecule has 5 heteroatoms. The maximum Gasteiger partial charge on any atom is 0.341 e. The molecule has 3 rings (SSSR count). The number of hydrogen-bond acceptors (Lipinski definition) is 3. The molecule has 0 amide bonds. The third kappa shape index (κ3) is 9.55. The van der Waals surface area contributed by atoms with Crippen molar-refractivity contribution in [2.24, 2.45) is 17.8 Å². The first-order chi connectivity index (χ1) is 18.0. The van der Waals surface area contributed by atoms with Crippen LogP contribution in [0, 0.1) is 29.4 Å². The zero-order valence-electron chi connectivity index (χ0n) is 23.4. The van der Waals surface area contributed by atoms with Crippen molar-refractivity contribution < 1.29 is 23.0 Å². The Bertz CT molecular complexity index is 795. The van der Waals surface area contributed by atoms with E-state index in [0.29, 0.717) is 12.5 Å². The molecule has 0 radical (unpaired) electrons. The molecule has 0 heterocycles. The number of esters is 1. The van der Waals surface area contributed by atoms with Gasteiger partial charge in [0, 0.05) is 0 Å². The molecule has 0 saturated heterocycles. The molecule has 2 fully saturated rings. The summed E-state index contributed by atoms with van der Waals surface area (Å²) in [6, 6.07) is 2.64. The standard InChI is InChI=1S/C32H50F2O3/c1-3-5-7-8-9-11-23-36-29-22-21-28(30(33)31(29)34)32(35)37-27-19-17-26(18-20-27)25-15-13-24(14-16-25)12-10-6-4-2/h21-22,24-27H,3-20,23H2,1-2H3/t24-,25-,26?,27?. The molecule has 0 N–H and O–H groups in total. The molecule has 3 nitrogen and oxygen atoms in total. The van der Waals surface area contributed by atoms with E-state index in [9.17, 15) is 13.6 Å². The van der Waals surface area contributed by atoms with Crippen molar-refractivity contribution >= 4 is 5.97 Å². The van der Waals surface area contributed by atoms with Gasteiger partial charge >= 0.3 is 5.97 Å². The lowest BCUT2D eigenvalue weighted by molar-refractivity contribution is 0.0104. The van der Waals surface area contributed by atoms with Crippen molar-refractivity contribution in [3.8, 4) is 5.75 Å². The normalized spacial score (nSPS) is 24.1. The molecule has 1 aromatic rings. The van der Waals surface area contributed by atoms with Crippen molar-refractivity contribution in [3.63, 3.8) is 0 Å². The highest BCUT2D eigenvalue weighted by atomic mass is 19.2. The van der Waals surface area contributed by atoms with Crippen molar-refractivity contribution in [1.29, 1.82) is 0 Å². The first-order valence-electron chi connectivity index (χ1n) is 15.3. The number of hydrogen-bond donors (Lipinski definition) is 0. The number of rotatable bonds is 15. The maximum atomic E-state index is 14.7. The van der Waals surface area contributed by atoms with E-state index in [2.05, 4.69) is 13.8 Å². The van der Waals surface area contributed by atoms with Gasteiger partial charge in [0.05, 0.1) is 12.2 Å². The van der Waals surface area contributed by atoms with E-state index in [0.717, 1.165) is 56.8 Å². The predicted molar refractivity (Wildman–Crippen MR) is 146 cm³/mol. The molecule has 2 saturated carbocycles. The van der Waals surface area contributed by atoms with Gasteiger partial charge < -0.3 is 9.47 Å². The molecule has 2 aliphatic rings. The molecular weight excluding hydrogens is 470 g/mol. The van der Waals surface area contributed by atoms with E-state index in [-0.39, 0.29) is 17.4 Å². The summed E-state index contributed by atoms with van der Waals surface area (Å²) in [4.78, 5) is 12.6. The van der Waals surface area contributed by atoms with E-state index >= 15 is 0 Å². The average molecular weight is 521 g/mol. The van der Waals surface area contributed by atoms with Crippen LogP contribution in [0.5, 0.6) is 5.75 Å². The Labute approximate surface area is 224 Å². The van der Waals surface area contributed by atoms with E-state index in [1.165, 1.54) is 82.8 Å². The van der Waals surface area contributed by atoms with Crippen molar-refractivity contribution in [1.82, 2.24) is 0 Å². The van der Waals surface area contributed by atoms with Gasteiger partial charge in [-0.3, -0.25) is 0 Å². The Hall–Kier alpha value is -1.65. The van der Waals surface area contributed by atoms with Crippen molar-refractivity contribution in [3.05, 3.63) is 29.3 Å². The summed E-state index contributed by atoms with van der Waals surface area (Å²) >= 11 is 0. The predicted octanol–water partition coefficient (Wildman–Crippen LogP) is 9.81. The highest BCUT2D eigenvalue weighted by Crippen LogP contribution is 2.41. The lowest BCUT2D eigenvalue weighted by Gasteiger charge is -2.37. The number of carbonyl (C=O) groups is 1. The first-order valence-corrected chi connectivity index (χ1v) is 15.3. The first kappa shape index (κ1) is 29.9. The third-order valence-electron chi connectivity index (χ3n) is 8.79. The van der Waals surface area contributed by atoms with Gasteiger partial charge in [-0.25, -0.2) is 9.18 Å². The SMILES string of the molecule is CCCCCCCCOc1ccc(C(=O)OC2CCC([C@H]3CC[C@H](CCCCC)CC3)CC2)c(F)c1F. The molecule has 210 valence electrons. The number of carbonyl (C=O) groups excluding carboxylic acids is 1. The summed E-state index contributed by atoms with van der Waals surface area (Å²) in [7, 11) is 0. The van der Waals surface area contributed by atoms with Gasteiger partial charge in [0.1, 0.15) is 6.10 Å². The summed E-state index contributed by atoms with van der Waals surface area (Å²) in [5.41, 5.74) is -0.340. The van der Waals surface area contributed by atoms with E-state index in [4.69, 9.17) is 9.47 Å². The number of unbranched alkanes of at least 4 members (excludes halogenated alkanes) is 7. The Morgan fingerprint density at radius 1 is 0.757 bits per heavy atom. The minimum Gasteiger partial charge on any atom is -0.490 e. The van der Waals surface area contributed by atoms with E-state index in [1.807, 2.05) is 0 Å². The van der Waals surface area contributed by atoms with Crippen LogP contribution in [0.4, 0.5) is 8.78 Å². The molecule has 2 aliphatic carbocycles. The molecule has 0 atom stereocenters. The molecule has 0 aromatic heterocycles. The Morgan fingerprint density at radius 2 is 1.35 bits per heavy atom. The van der Waals surface area contributed by atoms with Crippen molar-refractivity contribution in [2.75, 3.05) is 6.61 Å². The van der Waals surface area contributed by atoms with Gasteiger partial charge in [0.2, 0.25) is 5.82 Å². The van der Waals surface area contributed by atoms with Crippen molar-refractivity contribution in [2.45, 2.75) is 136 Å². The summed E-state index contributed by atoms with van der Waals surface area (Å²) in [5, 5.41) is 0. The summed E-state index contributed by atoms with van der Waals surface area (Å²) in [6.07, 6.45) is 20.9. The Morgan fingerprint density at radius 3 is 2.03 bits per heavy atom. The summed E-state index contributed by atoms with van der Waals surface area (Å²) in [6.45, 7) is 4.78. The van der Waals surface area contributed by atoms with Crippen LogP contribution < -0.4 is 4.74 Å². The van der Waals surface area contributed by atoms with Gasteiger partial charge in [0.15, 0.2) is 11.6 Å². The topological polar surface area (TPSA) is 35.5 Å². The highest BCUT2D eigenvalue weighted by molar-refractivity contribution is 5.90. The number of ether oxygens (including phenoxy) is 2. The molecular formula is C32H50F2O3. The lowest BCUT2D eigenvalue weighted by atomic mass is 9.70. The molecule has 1 aromatic carbocycles. The maximum absolute atomic E-state index is 14.7. The third-order valence-corrected chi connectivity index (χ3v) is 8.79. The monoisotopic (exact) mass is 520 g/mol. The quantitative estimate of drug-likeness (QED) is 0.170. The fourth-order valence-corrected chi connectivity index (χ4v) is 6.39. The smallest absolute Gasteiger partial charge is 0.341 e. The van der Waals surface area contributed by atoms with Crippen LogP contribution in [0.15, 0.2) is 12.1 Å². The molecule has 0 aliphatic heterocycles. The second-order valence-electron chi connectivity index (χ2n) is 11.6. The Balaban J connectivity index is 1.38. The van der Waals surface area contributed by atoms with E-state index in [1.54, 1.807) is 0 Å². The summed E-state index contributed by atoms with van der Waals surface area (Å²) in [5.74, 6) is -0.747. The van der Waals surface area contributed by atoms with Crippen LogP contribution in [0.2, 0.25) is 0 Å². The molecule has 37 heavy (non-hydrogen) atoms. The number of halogens is 2. The fourth-order valence-electron chi connectivity index (χ4n) is 6.39. The largest absolute Gasteiger partial charge is 0.490 e. The molecule has 0 spiro atoms. The average Bonchev–Trinajstić information content (AvgIpc) is 2.91. The van der Waals surface area contributed by atoms with Crippen LogP contribution in [-0.2, 0) is 4.74 Å². The van der Waals surface area contributed by atoms with Crippen LogP contribution >= 0.6 is 0 Å². The minimum atomic E-state index is -1.17. The Kier molecular flexibility index (Phi) is 13.2. The van der Waals surface area contributed by atoms with Gasteiger partial charge in [-0.05, 0) is 74.8 Å². The highest BCUT2D eigenvalue weighted by Gasteiger charge is 2.32. The van der Waals surface area contributed by atoms with Gasteiger partial charge in [-0.2, -0.15) is 4.39 Å². The van der Waals surface area contributed by atoms with Gasteiger partial charge in [0.25, 0.3) is 0 Å². The zero-order valence-corrected chi connectivity index (χ0v) is 23.4. The minimum absolute atomic E-state index is 0.136. The lowest BCUT2D eigenvalue weighted by Crippen LogP contribution is -2.30. The van der Waals surface area contributed by atoms with Crippen LogP contribution in [-0.4, -0.2) is 18.7 Å². The second-order valence-corrected chi connectivity index (χ2v) is 11.6. The van der Waals surface area contributed by atoms with E-state index < -0.39 is 17.6 Å². The fraction of sp³-hybridized carbons (Fsp3) is 0.781.